The van der Waals surface area contributed by atoms with Crippen LogP contribution in [0.15, 0.2) is 12.4 Å². The molecule has 4 nitrogen and oxygen atoms in total. The highest BCUT2D eigenvalue weighted by molar-refractivity contribution is 7.98. The lowest BCUT2D eigenvalue weighted by atomic mass is 10.2. The van der Waals surface area contributed by atoms with Crippen molar-refractivity contribution in [2.75, 3.05) is 36.2 Å². The molecule has 16 heavy (non-hydrogen) atoms. The molecule has 1 aromatic heterocycles. The van der Waals surface area contributed by atoms with Gasteiger partial charge in [-0.25, -0.2) is 4.98 Å². The van der Waals surface area contributed by atoms with Crippen molar-refractivity contribution in [1.82, 2.24) is 9.97 Å². The molecule has 0 aromatic carbocycles. The second-order valence-corrected chi connectivity index (χ2v) is 4.51. The van der Waals surface area contributed by atoms with Crippen molar-refractivity contribution in [3.63, 3.8) is 0 Å². The lowest BCUT2D eigenvalue weighted by molar-refractivity contribution is 0.748. The first kappa shape index (κ1) is 13.1. The monoisotopic (exact) mass is 240 g/mol. The summed E-state index contributed by atoms with van der Waals surface area (Å²) in [4.78, 5) is 8.43. The second kappa shape index (κ2) is 8.21. The van der Waals surface area contributed by atoms with Crippen molar-refractivity contribution >= 4 is 23.4 Å². The highest BCUT2D eigenvalue weighted by atomic mass is 32.2. The van der Waals surface area contributed by atoms with Gasteiger partial charge in [0, 0.05) is 13.6 Å². The third kappa shape index (κ3) is 5.21. The van der Waals surface area contributed by atoms with Gasteiger partial charge in [0.25, 0.3) is 0 Å². The lowest BCUT2D eigenvalue weighted by Gasteiger charge is -2.06. The van der Waals surface area contributed by atoms with Gasteiger partial charge in [0.15, 0.2) is 0 Å². The highest BCUT2D eigenvalue weighted by Crippen LogP contribution is 2.07. The van der Waals surface area contributed by atoms with Crippen LogP contribution in [0.3, 0.4) is 0 Å². The zero-order valence-electron chi connectivity index (χ0n) is 9.99. The first-order valence-corrected chi connectivity index (χ1v) is 6.99. The molecule has 0 radical (unpaired) electrons. The van der Waals surface area contributed by atoms with E-state index in [0.717, 1.165) is 18.2 Å². The highest BCUT2D eigenvalue weighted by Gasteiger charge is 1.96. The Morgan fingerprint density at radius 2 is 2.00 bits per heavy atom. The van der Waals surface area contributed by atoms with Gasteiger partial charge in [0.05, 0.1) is 12.4 Å². The summed E-state index contributed by atoms with van der Waals surface area (Å²) in [7, 11) is 1.84. The molecule has 0 amide bonds. The third-order valence-electron chi connectivity index (χ3n) is 2.22. The van der Waals surface area contributed by atoms with Gasteiger partial charge in [-0.05, 0) is 24.9 Å². The molecule has 0 saturated carbocycles. The molecule has 0 spiro atoms. The van der Waals surface area contributed by atoms with Gasteiger partial charge >= 0.3 is 0 Å². The number of unbranched alkanes of at least 4 members (excludes halogenated alkanes) is 2. The molecule has 0 aliphatic rings. The van der Waals surface area contributed by atoms with E-state index >= 15 is 0 Å². The summed E-state index contributed by atoms with van der Waals surface area (Å²) in [6.45, 7) is 0.968. The summed E-state index contributed by atoms with van der Waals surface area (Å²) in [6, 6.07) is 0. The molecule has 90 valence electrons. The van der Waals surface area contributed by atoms with Crippen LogP contribution in [-0.2, 0) is 0 Å². The fourth-order valence-corrected chi connectivity index (χ4v) is 1.83. The molecular formula is C11H20N4S. The molecule has 1 rings (SSSR count). The number of hydrogen-bond donors (Lipinski definition) is 2. The summed E-state index contributed by atoms with van der Waals surface area (Å²) >= 11 is 1.91. The van der Waals surface area contributed by atoms with E-state index in [1.54, 1.807) is 12.4 Å². The molecule has 5 heteroatoms. The van der Waals surface area contributed by atoms with Crippen molar-refractivity contribution < 1.29 is 0 Å². The molecule has 2 N–H and O–H groups in total. The predicted octanol–water partition coefficient (Wildman–Crippen LogP) is 2.46. The Kier molecular flexibility index (Phi) is 6.72. The number of nitrogens with one attached hydrogen (secondary N) is 2. The number of nitrogens with zero attached hydrogens (tertiary/aromatic N) is 2. The smallest absolute Gasteiger partial charge is 0.146 e. The molecule has 0 aliphatic carbocycles. The van der Waals surface area contributed by atoms with Gasteiger partial charge in [-0.3, -0.25) is 4.98 Å². The van der Waals surface area contributed by atoms with Gasteiger partial charge in [0.1, 0.15) is 11.6 Å². The van der Waals surface area contributed by atoms with Crippen molar-refractivity contribution in [2.45, 2.75) is 19.3 Å². The van der Waals surface area contributed by atoms with Crippen LogP contribution in [0.4, 0.5) is 11.6 Å². The maximum Gasteiger partial charge on any atom is 0.146 e. The van der Waals surface area contributed by atoms with Crippen LogP contribution in [0, 0.1) is 0 Å². The van der Waals surface area contributed by atoms with Crippen LogP contribution in [0.2, 0.25) is 0 Å². The summed E-state index contributed by atoms with van der Waals surface area (Å²) in [5.74, 6) is 2.90. The average molecular weight is 240 g/mol. The molecule has 0 bridgehead atoms. The molecule has 1 aromatic rings. The zero-order chi connectivity index (χ0) is 11.6. The Hall–Kier alpha value is -0.970. The van der Waals surface area contributed by atoms with Gasteiger partial charge in [-0.1, -0.05) is 6.42 Å². The molecule has 1 heterocycles. The number of anilines is 2. The fourth-order valence-electron chi connectivity index (χ4n) is 1.34. The van der Waals surface area contributed by atoms with Crippen molar-refractivity contribution in [2.24, 2.45) is 0 Å². The molecular weight excluding hydrogens is 220 g/mol. The Labute approximate surface area is 102 Å². The summed E-state index contributed by atoms with van der Waals surface area (Å²) in [6.07, 6.45) is 9.37. The minimum Gasteiger partial charge on any atom is -0.372 e. The van der Waals surface area contributed by atoms with E-state index in [1.807, 2.05) is 18.8 Å². The quantitative estimate of drug-likeness (QED) is 0.684. The maximum atomic E-state index is 4.34. The minimum atomic E-state index is 0.799. The van der Waals surface area contributed by atoms with E-state index in [4.69, 9.17) is 0 Å². The van der Waals surface area contributed by atoms with E-state index in [2.05, 4.69) is 26.9 Å². The SMILES string of the molecule is CNc1cncc(NCCCCCSC)n1. The standard InChI is InChI=1S/C11H20N4S/c1-12-10-8-13-9-11(15-10)14-6-4-3-5-7-16-2/h8-9H,3-7H2,1-2H3,(H2,12,14,15). The first-order valence-electron chi connectivity index (χ1n) is 5.59. The van der Waals surface area contributed by atoms with Crippen LogP contribution < -0.4 is 10.6 Å². The zero-order valence-corrected chi connectivity index (χ0v) is 10.8. The fraction of sp³-hybridized carbons (Fsp3) is 0.636. The minimum absolute atomic E-state index is 0.799. The Bertz CT molecular complexity index is 293. The van der Waals surface area contributed by atoms with Crippen molar-refractivity contribution in [3.05, 3.63) is 12.4 Å². The van der Waals surface area contributed by atoms with E-state index < -0.39 is 0 Å². The van der Waals surface area contributed by atoms with E-state index in [9.17, 15) is 0 Å². The summed E-state index contributed by atoms with van der Waals surface area (Å²) in [5.41, 5.74) is 0. The summed E-state index contributed by atoms with van der Waals surface area (Å²) < 4.78 is 0. The van der Waals surface area contributed by atoms with Gasteiger partial charge in [0.2, 0.25) is 0 Å². The van der Waals surface area contributed by atoms with Crippen LogP contribution >= 0.6 is 11.8 Å². The lowest BCUT2D eigenvalue weighted by Crippen LogP contribution is -2.05. The summed E-state index contributed by atoms with van der Waals surface area (Å²) in [5, 5.41) is 6.25. The molecule has 0 saturated heterocycles. The largest absolute Gasteiger partial charge is 0.372 e. The van der Waals surface area contributed by atoms with E-state index in [-0.39, 0.29) is 0 Å². The Morgan fingerprint density at radius 3 is 2.75 bits per heavy atom. The number of aromatic nitrogens is 2. The second-order valence-electron chi connectivity index (χ2n) is 3.52. The third-order valence-corrected chi connectivity index (χ3v) is 2.92. The van der Waals surface area contributed by atoms with Gasteiger partial charge in [-0.2, -0.15) is 11.8 Å². The van der Waals surface area contributed by atoms with Crippen molar-refractivity contribution in [3.8, 4) is 0 Å². The maximum absolute atomic E-state index is 4.34. The molecule has 0 fully saturated rings. The number of thioether (sulfide) groups is 1. The van der Waals surface area contributed by atoms with Crippen LogP contribution in [-0.4, -0.2) is 35.6 Å². The Morgan fingerprint density at radius 1 is 1.19 bits per heavy atom. The van der Waals surface area contributed by atoms with E-state index in [0.29, 0.717) is 0 Å². The van der Waals surface area contributed by atoms with E-state index in [1.165, 1.54) is 25.0 Å². The first-order chi connectivity index (χ1) is 7.86. The molecule has 0 atom stereocenters. The number of hydrogen-bond acceptors (Lipinski definition) is 5. The van der Waals surface area contributed by atoms with Crippen LogP contribution in [0.1, 0.15) is 19.3 Å². The predicted molar refractivity (Wildman–Crippen MR) is 72.3 cm³/mol. The Balaban J connectivity index is 2.16. The van der Waals surface area contributed by atoms with Crippen LogP contribution in [0.25, 0.3) is 0 Å². The molecule has 0 aliphatic heterocycles. The van der Waals surface area contributed by atoms with Gasteiger partial charge in [-0.15, -0.1) is 0 Å². The molecule has 0 unspecified atom stereocenters. The topological polar surface area (TPSA) is 49.8 Å². The normalized spacial score (nSPS) is 10.1. The van der Waals surface area contributed by atoms with Gasteiger partial charge < -0.3 is 10.6 Å². The number of rotatable bonds is 8. The van der Waals surface area contributed by atoms with Crippen molar-refractivity contribution in [1.29, 1.82) is 0 Å². The van der Waals surface area contributed by atoms with Crippen LogP contribution in [0.5, 0.6) is 0 Å². The average Bonchev–Trinajstić information content (AvgIpc) is 2.34.